The lowest BCUT2D eigenvalue weighted by Crippen LogP contribution is -2.24. The van der Waals surface area contributed by atoms with Crippen LogP contribution in [-0.4, -0.2) is 16.1 Å². The molecule has 0 radical (unpaired) electrons. The molecule has 3 heteroatoms. The van der Waals surface area contributed by atoms with Crippen LogP contribution in [0.15, 0.2) is 12.4 Å². The first-order valence-corrected chi connectivity index (χ1v) is 7.02. The second-order valence-electron chi connectivity index (χ2n) is 5.23. The van der Waals surface area contributed by atoms with Crippen molar-refractivity contribution in [1.29, 1.82) is 0 Å². The number of nitrogens with zero attached hydrogens (tertiary/aromatic N) is 2. The van der Waals surface area contributed by atoms with Crippen molar-refractivity contribution < 1.29 is 0 Å². The van der Waals surface area contributed by atoms with Gasteiger partial charge >= 0.3 is 0 Å². The zero-order valence-corrected chi connectivity index (χ0v) is 11.2. The highest BCUT2D eigenvalue weighted by molar-refractivity contribution is 4.98. The van der Waals surface area contributed by atoms with Crippen LogP contribution in [0.4, 0.5) is 0 Å². The molecule has 1 fully saturated rings. The van der Waals surface area contributed by atoms with Crippen LogP contribution in [0.25, 0.3) is 0 Å². The molecule has 0 saturated heterocycles. The van der Waals surface area contributed by atoms with E-state index in [0.29, 0.717) is 6.04 Å². The molecule has 17 heavy (non-hydrogen) atoms. The number of aryl methyl sites for hydroxylation is 1. The Balaban J connectivity index is 1.90. The topological polar surface area (TPSA) is 29.9 Å². The Morgan fingerprint density at radius 1 is 1.47 bits per heavy atom. The van der Waals surface area contributed by atoms with E-state index in [-0.39, 0.29) is 0 Å². The smallest absolute Gasteiger partial charge is 0.125 e. The van der Waals surface area contributed by atoms with E-state index in [1.807, 2.05) is 12.4 Å². The fourth-order valence-corrected chi connectivity index (χ4v) is 2.98. The summed E-state index contributed by atoms with van der Waals surface area (Å²) in [5.74, 6) is 2.15. The van der Waals surface area contributed by atoms with Gasteiger partial charge in [0.05, 0.1) is 6.04 Å². The number of hydrogen-bond donors (Lipinski definition) is 1. The highest BCUT2D eigenvalue weighted by Crippen LogP contribution is 2.31. The Kier molecular flexibility index (Phi) is 4.60. The molecule has 1 aromatic heterocycles. The lowest BCUT2D eigenvalue weighted by atomic mass is 9.98. The minimum Gasteiger partial charge on any atom is -0.337 e. The van der Waals surface area contributed by atoms with Crippen molar-refractivity contribution >= 4 is 0 Å². The Hall–Kier alpha value is -0.830. The first kappa shape index (κ1) is 12.6. The van der Waals surface area contributed by atoms with Crippen molar-refractivity contribution in [1.82, 2.24) is 14.9 Å². The van der Waals surface area contributed by atoms with Crippen LogP contribution in [0.2, 0.25) is 0 Å². The second kappa shape index (κ2) is 6.20. The van der Waals surface area contributed by atoms with E-state index < -0.39 is 0 Å². The lowest BCUT2D eigenvalue weighted by Gasteiger charge is -2.19. The van der Waals surface area contributed by atoms with E-state index in [4.69, 9.17) is 0 Å². The maximum absolute atomic E-state index is 4.48. The third kappa shape index (κ3) is 3.32. The molecule has 1 N–H and O–H groups in total. The molecule has 1 aliphatic rings. The molecule has 2 rings (SSSR count). The van der Waals surface area contributed by atoms with Crippen LogP contribution in [0, 0.1) is 5.92 Å². The Bertz CT molecular complexity index is 326. The van der Waals surface area contributed by atoms with Crippen LogP contribution in [0.5, 0.6) is 0 Å². The van der Waals surface area contributed by atoms with Gasteiger partial charge in [-0.3, -0.25) is 0 Å². The molecule has 1 unspecified atom stereocenters. The van der Waals surface area contributed by atoms with Crippen molar-refractivity contribution in [2.75, 3.05) is 6.54 Å². The summed E-state index contributed by atoms with van der Waals surface area (Å²) in [4.78, 5) is 4.48. The zero-order chi connectivity index (χ0) is 12.1. The van der Waals surface area contributed by atoms with Crippen molar-refractivity contribution in [2.24, 2.45) is 13.0 Å². The monoisotopic (exact) mass is 235 g/mol. The molecule has 0 amide bonds. The average Bonchev–Trinajstić information content (AvgIpc) is 2.95. The summed E-state index contributed by atoms with van der Waals surface area (Å²) in [6.45, 7) is 3.19. The molecule has 96 valence electrons. The molecule has 0 spiro atoms. The number of rotatable bonds is 6. The number of hydrogen-bond acceptors (Lipinski definition) is 2. The van der Waals surface area contributed by atoms with Gasteiger partial charge in [-0.15, -0.1) is 0 Å². The predicted molar refractivity (Wildman–Crippen MR) is 70.8 cm³/mol. The van der Waals surface area contributed by atoms with E-state index >= 15 is 0 Å². The van der Waals surface area contributed by atoms with Crippen LogP contribution in [-0.2, 0) is 7.05 Å². The Morgan fingerprint density at radius 3 is 2.82 bits per heavy atom. The molecule has 0 aliphatic heterocycles. The molecular formula is C14H25N3. The summed E-state index contributed by atoms with van der Waals surface area (Å²) in [5.41, 5.74) is 0. The van der Waals surface area contributed by atoms with Crippen LogP contribution in [0.1, 0.15) is 57.3 Å². The molecule has 1 aromatic rings. The van der Waals surface area contributed by atoms with E-state index in [9.17, 15) is 0 Å². The predicted octanol–water partition coefficient (Wildman–Crippen LogP) is 3.04. The van der Waals surface area contributed by atoms with Gasteiger partial charge in [0, 0.05) is 19.4 Å². The first-order valence-electron chi connectivity index (χ1n) is 7.02. The van der Waals surface area contributed by atoms with Crippen molar-refractivity contribution in [2.45, 2.75) is 51.5 Å². The minimum absolute atomic E-state index is 0.431. The van der Waals surface area contributed by atoms with Gasteiger partial charge in [0.2, 0.25) is 0 Å². The molecule has 0 bridgehead atoms. The normalized spacial score (nSPS) is 18.7. The van der Waals surface area contributed by atoms with E-state index in [1.54, 1.807) is 0 Å². The summed E-state index contributed by atoms with van der Waals surface area (Å²) in [7, 11) is 2.09. The minimum atomic E-state index is 0.431. The lowest BCUT2D eigenvalue weighted by molar-refractivity contribution is 0.401. The van der Waals surface area contributed by atoms with Gasteiger partial charge in [0.1, 0.15) is 5.82 Å². The standard InChI is InChI=1S/C14H25N3/c1-3-15-13(14-16-10-11-17(14)2)9-8-12-6-4-5-7-12/h10-13,15H,3-9H2,1-2H3. The maximum Gasteiger partial charge on any atom is 0.125 e. The van der Waals surface area contributed by atoms with E-state index in [0.717, 1.165) is 12.5 Å². The highest BCUT2D eigenvalue weighted by Gasteiger charge is 2.19. The second-order valence-corrected chi connectivity index (χ2v) is 5.23. The first-order chi connectivity index (χ1) is 8.31. The van der Waals surface area contributed by atoms with Gasteiger partial charge in [0.15, 0.2) is 0 Å². The van der Waals surface area contributed by atoms with Crippen molar-refractivity contribution in [3.05, 3.63) is 18.2 Å². The Morgan fingerprint density at radius 2 is 2.24 bits per heavy atom. The molecule has 1 heterocycles. The SMILES string of the molecule is CCNC(CCC1CCCC1)c1nccn1C. The summed E-state index contributed by atoms with van der Waals surface area (Å²) < 4.78 is 2.14. The Labute approximate surface area is 105 Å². The number of nitrogens with one attached hydrogen (secondary N) is 1. The van der Waals surface area contributed by atoms with Gasteiger partial charge in [0.25, 0.3) is 0 Å². The van der Waals surface area contributed by atoms with E-state index in [1.165, 1.54) is 44.3 Å². The van der Waals surface area contributed by atoms with E-state index in [2.05, 4.69) is 28.8 Å². The average molecular weight is 235 g/mol. The van der Waals surface area contributed by atoms with Gasteiger partial charge in [-0.2, -0.15) is 0 Å². The third-order valence-electron chi connectivity index (χ3n) is 3.96. The summed E-state index contributed by atoms with van der Waals surface area (Å²) in [6.07, 6.45) is 12.3. The largest absolute Gasteiger partial charge is 0.337 e. The molecule has 1 atom stereocenters. The third-order valence-corrected chi connectivity index (χ3v) is 3.96. The van der Waals surface area contributed by atoms with Gasteiger partial charge < -0.3 is 9.88 Å². The van der Waals surface area contributed by atoms with Crippen molar-refractivity contribution in [3.8, 4) is 0 Å². The van der Waals surface area contributed by atoms with Crippen LogP contribution >= 0.6 is 0 Å². The van der Waals surface area contributed by atoms with Gasteiger partial charge in [-0.1, -0.05) is 32.6 Å². The summed E-state index contributed by atoms with van der Waals surface area (Å²) in [6, 6.07) is 0.431. The van der Waals surface area contributed by atoms with Gasteiger partial charge in [-0.05, 0) is 25.3 Å². The molecule has 1 saturated carbocycles. The number of aromatic nitrogens is 2. The fourth-order valence-electron chi connectivity index (χ4n) is 2.98. The quantitative estimate of drug-likeness (QED) is 0.821. The molecular weight excluding hydrogens is 210 g/mol. The molecule has 3 nitrogen and oxygen atoms in total. The zero-order valence-electron chi connectivity index (χ0n) is 11.2. The maximum atomic E-state index is 4.48. The van der Waals surface area contributed by atoms with Crippen LogP contribution in [0.3, 0.4) is 0 Å². The van der Waals surface area contributed by atoms with Gasteiger partial charge in [-0.25, -0.2) is 4.98 Å². The van der Waals surface area contributed by atoms with Crippen LogP contribution < -0.4 is 5.32 Å². The molecule has 0 aromatic carbocycles. The number of imidazole rings is 1. The molecule has 1 aliphatic carbocycles. The van der Waals surface area contributed by atoms with Crippen molar-refractivity contribution in [3.63, 3.8) is 0 Å². The highest BCUT2D eigenvalue weighted by atomic mass is 15.1. The summed E-state index contributed by atoms with van der Waals surface area (Å²) in [5, 5.41) is 3.57. The fraction of sp³-hybridized carbons (Fsp3) is 0.786. The summed E-state index contributed by atoms with van der Waals surface area (Å²) >= 11 is 0.